The number of phenolic OH excluding ortho intramolecular Hbond substituents is 1. The molecule has 0 fully saturated rings. The highest BCUT2D eigenvalue weighted by Gasteiger charge is 2.12. The Morgan fingerprint density at radius 3 is 2.31 bits per heavy atom. The summed E-state index contributed by atoms with van der Waals surface area (Å²) >= 11 is 3.37. The quantitative estimate of drug-likeness (QED) is 0.640. The average Bonchev–Trinajstić information content (AvgIpc) is 2.36. The van der Waals surface area contributed by atoms with Gasteiger partial charge in [-0.15, -0.1) is 0 Å². The van der Waals surface area contributed by atoms with Crippen LogP contribution in [0.25, 0.3) is 21.8 Å². The first-order valence-electron chi connectivity index (χ1n) is 4.79. The Hall–Kier alpha value is -1.68. The fourth-order valence-corrected chi connectivity index (χ4v) is 2.32. The lowest BCUT2D eigenvalue weighted by Crippen LogP contribution is -1.86. The van der Waals surface area contributed by atoms with Crippen molar-refractivity contribution in [2.75, 3.05) is 0 Å². The minimum Gasteiger partial charge on any atom is -0.505 e. The van der Waals surface area contributed by atoms with Gasteiger partial charge in [0, 0.05) is 23.2 Å². The molecule has 0 unspecified atom stereocenters. The van der Waals surface area contributed by atoms with Gasteiger partial charge >= 0.3 is 0 Å². The van der Waals surface area contributed by atoms with Crippen molar-refractivity contribution in [3.05, 3.63) is 41.1 Å². The Morgan fingerprint density at radius 2 is 1.56 bits per heavy atom. The van der Waals surface area contributed by atoms with E-state index in [0.717, 1.165) is 16.3 Å². The van der Waals surface area contributed by atoms with Crippen molar-refractivity contribution in [1.82, 2.24) is 9.97 Å². The average molecular weight is 275 g/mol. The highest BCUT2D eigenvalue weighted by atomic mass is 79.9. The largest absolute Gasteiger partial charge is 0.505 e. The Bertz CT molecular complexity index is 636. The molecular formula is C12H7BrN2O. The standard InChI is InChI=1S/C12H7BrN2O/c13-9-7-3-1-5-14-10(7)8-4-2-6-15-11(8)12(9)16/h1-6,16H. The van der Waals surface area contributed by atoms with Gasteiger partial charge in [-0.3, -0.25) is 9.97 Å². The van der Waals surface area contributed by atoms with Crippen LogP contribution >= 0.6 is 15.9 Å². The predicted octanol–water partition coefficient (Wildman–Crippen LogP) is 3.25. The van der Waals surface area contributed by atoms with Gasteiger partial charge in [0.25, 0.3) is 0 Å². The Labute approximate surface area is 99.9 Å². The minimum atomic E-state index is 0.163. The second-order valence-electron chi connectivity index (χ2n) is 3.46. The smallest absolute Gasteiger partial charge is 0.156 e. The monoisotopic (exact) mass is 274 g/mol. The summed E-state index contributed by atoms with van der Waals surface area (Å²) in [6, 6.07) is 7.50. The summed E-state index contributed by atoms with van der Waals surface area (Å²) in [7, 11) is 0. The number of hydrogen-bond donors (Lipinski definition) is 1. The van der Waals surface area contributed by atoms with Gasteiger partial charge < -0.3 is 5.11 Å². The van der Waals surface area contributed by atoms with Gasteiger partial charge in [0.05, 0.1) is 9.99 Å². The third-order valence-electron chi connectivity index (χ3n) is 2.54. The molecule has 16 heavy (non-hydrogen) atoms. The maximum absolute atomic E-state index is 10.0. The first-order valence-corrected chi connectivity index (χ1v) is 5.58. The van der Waals surface area contributed by atoms with E-state index in [1.54, 1.807) is 12.4 Å². The van der Waals surface area contributed by atoms with Crippen molar-refractivity contribution < 1.29 is 5.11 Å². The summed E-state index contributed by atoms with van der Waals surface area (Å²) in [4.78, 5) is 8.50. The number of phenols is 1. The molecule has 0 bridgehead atoms. The van der Waals surface area contributed by atoms with Crippen molar-refractivity contribution in [3.63, 3.8) is 0 Å². The zero-order valence-corrected chi connectivity index (χ0v) is 9.77. The molecule has 4 heteroatoms. The zero-order valence-electron chi connectivity index (χ0n) is 8.18. The van der Waals surface area contributed by atoms with Crippen LogP contribution in [0.4, 0.5) is 0 Å². The molecule has 0 spiro atoms. The molecule has 2 aromatic heterocycles. The molecule has 1 N–H and O–H groups in total. The number of hydrogen-bond acceptors (Lipinski definition) is 3. The topological polar surface area (TPSA) is 46.0 Å². The van der Waals surface area contributed by atoms with Crippen LogP contribution in [-0.2, 0) is 0 Å². The van der Waals surface area contributed by atoms with Gasteiger partial charge in [-0.05, 0) is 40.2 Å². The molecule has 3 nitrogen and oxygen atoms in total. The molecule has 0 aliphatic carbocycles. The van der Waals surface area contributed by atoms with Crippen LogP contribution in [0, 0.1) is 0 Å². The molecule has 0 aliphatic heterocycles. The van der Waals surface area contributed by atoms with Crippen molar-refractivity contribution in [3.8, 4) is 5.75 Å². The van der Waals surface area contributed by atoms with Crippen molar-refractivity contribution in [2.24, 2.45) is 0 Å². The van der Waals surface area contributed by atoms with E-state index in [1.807, 2.05) is 24.3 Å². The number of aromatic nitrogens is 2. The Morgan fingerprint density at radius 1 is 0.938 bits per heavy atom. The second-order valence-corrected chi connectivity index (χ2v) is 4.25. The van der Waals surface area contributed by atoms with Gasteiger partial charge in [-0.2, -0.15) is 0 Å². The van der Waals surface area contributed by atoms with Crippen LogP contribution < -0.4 is 0 Å². The number of nitrogens with zero attached hydrogens (tertiary/aromatic N) is 2. The molecule has 0 saturated carbocycles. The molecule has 3 rings (SSSR count). The van der Waals surface area contributed by atoms with Gasteiger partial charge in [0.2, 0.25) is 0 Å². The van der Waals surface area contributed by atoms with E-state index < -0.39 is 0 Å². The Kier molecular flexibility index (Phi) is 2.04. The van der Waals surface area contributed by atoms with Crippen molar-refractivity contribution in [1.29, 1.82) is 0 Å². The van der Waals surface area contributed by atoms with E-state index in [2.05, 4.69) is 25.9 Å². The SMILES string of the molecule is Oc1c(Br)c2cccnc2c2cccnc12. The highest BCUT2D eigenvalue weighted by molar-refractivity contribution is 9.10. The molecule has 2 heterocycles. The maximum atomic E-state index is 10.0. The van der Waals surface area contributed by atoms with Gasteiger partial charge in [-0.1, -0.05) is 0 Å². The molecule has 0 radical (unpaired) electrons. The fourth-order valence-electron chi connectivity index (χ4n) is 1.81. The molecule has 1 aromatic carbocycles. The van der Waals surface area contributed by atoms with Gasteiger partial charge in [0.1, 0.15) is 5.52 Å². The fraction of sp³-hybridized carbons (Fsp3) is 0. The first-order chi connectivity index (χ1) is 7.79. The lowest BCUT2D eigenvalue weighted by Gasteiger charge is -2.07. The molecule has 0 saturated heterocycles. The van der Waals surface area contributed by atoms with Crippen LogP contribution in [0.15, 0.2) is 41.1 Å². The Balaban J connectivity index is 2.69. The maximum Gasteiger partial charge on any atom is 0.156 e. The predicted molar refractivity (Wildman–Crippen MR) is 66.4 cm³/mol. The molecular weight excluding hydrogens is 268 g/mol. The third kappa shape index (κ3) is 1.20. The van der Waals surface area contributed by atoms with E-state index in [-0.39, 0.29) is 5.75 Å². The molecule has 0 atom stereocenters. The van der Waals surface area contributed by atoms with Crippen LogP contribution in [-0.4, -0.2) is 15.1 Å². The number of halogens is 1. The first kappa shape index (κ1) is 9.54. The molecule has 78 valence electrons. The number of pyridine rings is 2. The normalized spacial score (nSPS) is 11.1. The van der Waals surface area contributed by atoms with Crippen molar-refractivity contribution >= 4 is 37.7 Å². The summed E-state index contributed by atoms with van der Waals surface area (Å²) in [6.07, 6.45) is 3.39. The zero-order chi connectivity index (χ0) is 11.1. The number of benzene rings is 1. The van der Waals surface area contributed by atoms with Gasteiger partial charge in [-0.25, -0.2) is 0 Å². The summed E-state index contributed by atoms with van der Waals surface area (Å²) in [5.41, 5.74) is 1.41. The summed E-state index contributed by atoms with van der Waals surface area (Å²) < 4.78 is 0.641. The van der Waals surface area contributed by atoms with Crippen molar-refractivity contribution in [2.45, 2.75) is 0 Å². The van der Waals surface area contributed by atoms with Crippen LogP contribution in [0.1, 0.15) is 0 Å². The summed E-state index contributed by atoms with van der Waals surface area (Å²) in [6.45, 7) is 0. The number of rotatable bonds is 0. The minimum absolute atomic E-state index is 0.163. The molecule has 0 amide bonds. The molecule has 0 aliphatic rings. The van der Waals surface area contributed by atoms with Crippen LogP contribution in [0.5, 0.6) is 5.75 Å². The lowest BCUT2D eigenvalue weighted by molar-refractivity contribution is 0.478. The van der Waals surface area contributed by atoms with E-state index in [4.69, 9.17) is 0 Å². The van der Waals surface area contributed by atoms with Gasteiger partial charge in [0.15, 0.2) is 5.75 Å². The van der Waals surface area contributed by atoms with Crippen LogP contribution in [0.3, 0.4) is 0 Å². The second kappa shape index (κ2) is 3.42. The van der Waals surface area contributed by atoms with Crippen LogP contribution in [0.2, 0.25) is 0 Å². The summed E-state index contributed by atoms with van der Waals surface area (Å²) in [5, 5.41) is 11.8. The molecule has 3 aromatic rings. The lowest BCUT2D eigenvalue weighted by atomic mass is 10.1. The van der Waals surface area contributed by atoms with E-state index in [1.165, 1.54) is 0 Å². The third-order valence-corrected chi connectivity index (χ3v) is 3.34. The van der Waals surface area contributed by atoms with E-state index in [9.17, 15) is 5.11 Å². The highest BCUT2D eigenvalue weighted by Crippen LogP contribution is 2.38. The number of fused-ring (bicyclic) bond motifs is 3. The number of aromatic hydroxyl groups is 1. The van der Waals surface area contributed by atoms with E-state index >= 15 is 0 Å². The van der Waals surface area contributed by atoms with E-state index in [0.29, 0.717) is 9.99 Å². The summed E-state index contributed by atoms with van der Waals surface area (Å²) in [5.74, 6) is 0.163.